The number of carbonyl (C=O) groups is 1. The smallest absolute Gasteiger partial charge is 0.261 e. The molecule has 8 nitrogen and oxygen atoms in total. The lowest BCUT2D eigenvalue weighted by molar-refractivity contribution is -0.120. The van der Waals surface area contributed by atoms with E-state index in [1.807, 2.05) is 37.3 Å². The van der Waals surface area contributed by atoms with Gasteiger partial charge < -0.3 is 5.32 Å². The number of benzene rings is 3. The fourth-order valence-electron chi connectivity index (χ4n) is 4.46. The van der Waals surface area contributed by atoms with Crippen molar-refractivity contribution in [3.8, 4) is 0 Å². The molecule has 0 saturated carbocycles. The van der Waals surface area contributed by atoms with Crippen LogP contribution in [-0.2, 0) is 31.3 Å². The maximum absolute atomic E-state index is 12.8. The van der Waals surface area contributed by atoms with Gasteiger partial charge in [0.2, 0.25) is 15.9 Å². The van der Waals surface area contributed by atoms with Gasteiger partial charge in [-0.05, 0) is 80.1 Å². The SMILES string of the molecule is Cc1ccc(NS(=O)(=O)c2ccc(NC(=O)C3CCN(S(=O)(=O)CCCc4ccccc4)CC3)cc2)cc1Cl. The van der Waals surface area contributed by atoms with E-state index in [1.54, 1.807) is 18.2 Å². The van der Waals surface area contributed by atoms with Gasteiger partial charge in [-0.2, -0.15) is 0 Å². The van der Waals surface area contributed by atoms with Gasteiger partial charge in [0.1, 0.15) is 0 Å². The normalized spacial score (nSPS) is 15.1. The second-order valence-electron chi connectivity index (χ2n) is 9.66. The monoisotopic (exact) mass is 589 g/mol. The quantitative estimate of drug-likeness (QED) is 0.343. The van der Waals surface area contributed by atoms with Crippen molar-refractivity contribution in [2.24, 2.45) is 5.92 Å². The molecule has 0 spiro atoms. The summed E-state index contributed by atoms with van der Waals surface area (Å²) in [4.78, 5) is 12.9. The summed E-state index contributed by atoms with van der Waals surface area (Å²) < 4.78 is 55.0. The maximum Gasteiger partial charge on any atom is 0.261 e. The van der Waals surface area contributed by atoms with E-state index in [9.17, 15) is 21.6 Å². The lowest BCUT2D eigenvalue weighted by Gasteiger charge is -2.30. The van der Waals surface area contributed by atoms with Gasteiger partial charge in [-0.1, -0.05) is 48.0 Å². The van der Waals surface area contributed by atoms with Crippen LogP contribution in [0.3, 0.4) is 0 Å². The Balaban J connectivity index is 1.26. The number of aryl methyl sites for hydroxylation is 2. The van der Waals surface area contributed by atoms with E-state index in [4.69, 9.17) is 11.6 Å². The van der Waals surface area contributed by atoms with Crippen LogP contribution >= 0.6 is 11.6 Å². The minimum absolute atomic E-state index is 0.0444. The standard InChI is InChI=1S/C28H32ClN3O5S2/c1-21-9-10-25(20-27(21)29)31-39(36,37)26-13-11-24(12-14-26)30-28(33)23-15-17-32(18-16-23)38(34,35)19-5-8-22-6-3-2-4-7-22/h2-4,6-7,9-14,20,23,31H,5,8,15-19H2,1H3,(H,30,33). The van der Waals surface area contributed by atoms with E-state index >= 15 is 0 Å². The van der Waals surface area contributed by atoms with Crippen molar-refractivity contribution in [1.29, 1.82) is 0 Å². The van der Waals surface area contributed by atoms with Crippen molar-refractivity contribution >= 4 is 48.9 Å². The van der Waals surface area contributed by atoms with Gasteiger partial charge in [0.05, 0.1) is 16.3 Å². The Kier molecular flexibility index (Phi) is 9.32. The molecule has 208 valence electrons. The first kappa shape index (κ1) is 29.1. The van der Waals surface area contributed by atoms with Crippen LogP contribution in [0.1, 0.15) is 30.4 Å². The molecule has 0 bridgehead atoms. The number of hydrogen-bond acceptors (Lipinski definition) is 5. The third-order valence-electron chi connectivity index (χ3n) is 6.78. The Labute approximate surface area is 235 Å². The zero-order valence-corrected chi connectivity index (χ0v) is 24.0. The van der Waals surface area contributed by atoms with Crippen LogP contribution in [0.2, 0.25) is 5.02 Å². The fraction of sp³-hybridized carbons (Fsp3) is 0.321. The van der Waals surface area contributed by atoms with Crippen molar-refractivity contribution in [2.45, 2.75) is 37.5 Å². The number of anilines is 2. The Morgan fingerprint density at radius 1 is 0.923 bits per heavy atom. The summed E-state index contributed by atoms with van der Waals surface area (Å²) in [6.07, 6.45) is 2.11. The van der Waals surface area contributed by atoms with Crippen LogP contribution in [0, 0.1) is 12.8 Å². The molecule has 2 N–H and O–H groups in total. The summed E-state index contributed by atoms with van der Waals surface area (Å²) in [6, 6.07) is 20.6. The highest BCUT2D eigenvalue weighted by Crippen LogP contribution is 2.25. The van der Waals surface area contributed by atoms with E-state index in [0.29, 0.717) is 55.2 Å². The summed E-state index contributed by atoms with van der Waals surface area (Å²) in [5.41, 5.74) is 2.77. The molecule has 1 heterocycles. The Hall–Kier alpha value is -2.92. The highest BCUT2D eigenvalue weighted by molar-refractivity contribution is 7.92. The van der Waals surface area contributed by atoms with E-state index < -0.39 is 20.0 Å². The Morgan fingerprint density at radius 3 is 2.21 bits per heavy atom. The van der Waals surface area contributed by atoms with Gasteiger partial charge in [0.25, 0.3) is 10.0 Å². The van der Waals surface area contributed by atoms with Crippen molar-refractivity contribution < 1.29 is 21.6 Å². The molecule has 11 heteroatoms. The molecule has 4 rings (SSSR count). The fourth-order valence-corrected chi connectivity index (χ4v) is 7.23. The minimum Gasteiger partial charge on any atom is -0.326 e. The molecule has 1 saturated heterocycles. The average molecular weight is 590 g/mol. The van der Waals surface area contributed by atoms with Crippen LogP contribution in [0.25, 0.3) is 0 Å². The molecule has 1 fully saturated rings. The number of amides is 1. The van der Waals surface area contributed by atoms with E-state index in [2.05, 4.69) is 10.0 Å². The zero-order valence-electron chi connectivity index (χ0n) is 21.6. The molecule has 3 aromatic carbocycles. The number of piperidine rings is 1. The van der Waals surface area contributed by atoms with Gasteiger partial charge in [-0.3, -0.25) is 9.52 Å². The van der Waals surface area contributed by atoms with Crippen LogP contribution in [-0.4, -0.2) is 45.9 Å². The third kappa shape index (κ3) is 7.82. The number of rotatable bonds is 10. The maximum atomic E-state index is 12.8. The van der Waals surface area contributed by atoms with Crippen LogP contribution in [0.4, 0.5) is 11.4 Å². The van der Waals surface area contributed by atoms with Gasteiger partial charge in [0.15, 0.2) is 0 Å². The molecular weight excluding hydrogens is 558 g/mol. The highest BCUT2D eigenvalue weighted by Gasteiger charge is 2.31. The number of nitrogens with zero attached hydrogens (tertiary/aromatic N) is 1. The van der Waals surface area contributed by atoms with E-state index in [0.717, 1.165) is 11.1 Å². The molecule has 3 aromatic rings. The Bertz CT molecular complexity index is 1500. The van der Waals surface area contributed by atoms with Crippen LogP contribution in [0.5, 0.6) is 0 Å². The first-order valence-corrected chi connectivity index (χ1v) is 16.2. The predicted octanol–water partition coefficient (Wildman–Crippen LogP) is 5.06. The van der Waals surface area contributed by atoms with Crippen molar-refractivity contribution in [3.63, 3.8) is 0 Å². The minimum atomic E-state index is -3.84. The first-order valence-electron chi connectivity index (χ1n) is 12.8. The summed E-state index contributed by atoms with van der Waals surface area (Å²) in [7, 11) is -7.21. The second-order valence-corrected chi connectivity index (χ2v) is 13.8. The second kappa shape index (κ2) is 12.5. The molecule has 0 aliphatic carbocycles. The lowest BCUT2D eigenvalue weighted by Crippen LogP contribution is -2.42. The van der Waals surface area contributed by atoms with Gasteiger partial charge >= 0.3 is 0 Å². The highest BCUT2D eigenvalue weighted by atomic mass is 35.5. The van der Waals surface area contributed by atoms with Crippen molar-refractivity contribution in [3.05, 3.63) is 88.9 Å². The van der Waals surface area contributed by atoms with Crippen LogP contribution < -0.4 is 10.0 Å². The molecule has 0 atom stereocenters. The van der Waals surface area contributed by atoms with E-state index in [1.165, 1.54) is 28.6 Å². The van der Waals surface area contributed by atoms with Gasteiger partial charge in [0, 0.05) is 29.7 Å². The average Bonchev–Trinajstić information content (AvgIpc) is 2.91. The Morgan fingerprint density at radius 2 is 1.56 bits per heavy atom. The molecule has 0 aromatic heterocycles. The number of nitrogens with one attached hydrogen (secondary N) is 2. The predicted molar refractivity (Wildman–Crippen MR) is 155 cm³/mol. The number of hydrogen-bond donors (Lipinski definition) is 2. The molecular formula is C28H32ClN3O5S2. The number of halogens is 1. The molecule has 0 radical (unpaired) electrons. The molecule has 0 unspecified atom stereocenters. The molecule has 1 aliphatic rings. The largest absolute Gasteiger partial charge is 0.326 e. The van der Waals surface area contributed by atoms with Gasteiger partial charge in [-0.15, -0.1) is 0 Å². The van der Waals surface area contributed by atoms with E-state index in [-0.39, 0.29) is 22.5 Å². The van der Waals surface area contributed by atoms with Crippen molar-refractivity contribution in [2.75, 3.05) is 28.9 Å². The number of sulfonamides is 2. The first-order chi connectivity index (χ1) is 18.5. The summed E-state index contributed by atoms with van der Waals surface area (Å²) in [5.74, 6) is -0.448. The summed E-state index contributed by atoms with van der Waals surface area (Å²) in [6.45, 7) is 2.43. The van der Waals surface area contributed by atoms with Gasteiger partial charge in [-0.25, -0.2) is 21.1 Å². The molecule has 39 heavy (non-hydrogen) atoms. The van der Waals surface area contributed by atoms with Crippen molar-refractivity contribution in [1.82, 2.24) is 4.31 Å². The molecule has 1 amide bonds. The summed E-state index contributed by atoms with van der Waals surface area (Å²) in [5, 5.41) is 3.28. The van der Waals surface area contributed by atoms with Crippen LogP contribution in [0.15, 0.2) is 77.7 Å². The topological polar surface area (TPSA) is 113 Å². The third-order valence-corrected chi connectivity index (χ3v) is 10.5. The number of carbonyl (C=O) groups excluding carboxylic acids is 1. The molecule has 1 aliphatic heterocycles. The summed E-state index contributed by atoms with van der Waals surface area (Å²) >= 11 is 6.09. The lowest BCUT2D eigenvalue weighted by atomic mass is 9.97. The zero-order chi connectivity index (χ0) is 28.0.